The molecule has 1 atom stereocenters. The van der Waals surface area contributed by atoms with Gasteiger partial charge in [0.15, 0.2) is 0 Å². The summed E-state index contributed by atoms with van der Waals surface area (Å²) in [7, 11) is 0. The maximum absolute atomic E-state index is 12.4. The molecule has 0 heterocycles. The first-order chi connectivity index (χ1) is 4.14. The van der Waals surface area contributed by atoms with Gasteiger partial charge in [-0.15, -0.1) is 0 Å². The third kappa shape index (κ3) is 1.81. The Balaban J connectivity index is 2.38. The molecule has 0 N–H and O–H groups in total. The third-order valence-electron chi connectivity index (χ3n) is 1.69. The SMILES string of the molecule is CSC1CCC(F)(F)C1. The zero-order chi connectivity index (χ0) is 6.91. The molecule has 0 aromatic heterocycles. The Morgan fingerprint density at radius 1 is 1.56 bits per heavy atom. The predicted octanol–water partition coefficient (Wildman–Crippen LogP) is 2.54. The Hall–Kier alpha value is 0.210. The summed E-state index contributed by atoms with van der Waals surface area (Å²) in [5, 5.41) is 0.208. The van der Waals surface area contributed by atoms with Crippen LogP contribution in [-0.2, 0) is 0 Å². The van der Waals surface area contributed by atoms with E-state index in [0.717, 1.165) is 0 Å². The van der Waals surface area contributed by atoms with Crippen LogP contribution in [0.25, 0.3) is 0 Å². The van der Waals surface area contributed by atoms with Crippen molar-refractivity contribution in [3.8, 4) is 0 Å². The summed E-state index contributed by atoms with van der Waals surface area (Å²) in [5.41, 5.74) is 0. The van der Waals surface area contributed by atoms with Gasteiger partial charge in [-0.1, -0.05) is 0 Å². The molecule has 0 amide bonds. The van der Waals surface area contributed by atoms with Crippen LogP contribution in [0.2, 0.25) is 0 Å². The van der Waals surface area contributed by atoms with E-state index in [9.17, 15) is 8.78 Å². The molecule has 9 heavy (non-hydrogen) atoms. The van der Waals surface area contributed by atoms with Crippen molar-refractivity contribution in [3.63, 3.8) is 0 Å². The van der Waals surface area contributed by atoms with Crippen molar-refractivity contribution in [2.75, 3.05) is 6.26 Å². The molecule has 0 aromatic rings. The van der Waals surface area contributed by atoms with E-state index in [0.29, 0.717) is 6.42 Å². The van der Waals surface area contributed by atoms with Gasteiger partial charge in [-0.05, 0) is 12.7 Å². The molecular formula is C6H10F2S. The number of halogens is 2. The van der Waals surface area contributed by atoms with Crippen LogP contribution in [0.4, 0.5) is 8.78 Å². The number of hydrogen-bond acceptors (Lipinski definition) is 1. The smallest absolute Gasteiger partial charge is 0.207 e. The standard InChI is InChI=1S/C6H10F2S/c1-9-5-2-3-6(7,8)4-5/h5H,2-4H2,1H3. The molecule has 1 aliphatic rings. The van der Waals surface area contributed by atoms with Gasteiger partial charge in [-0.25, -0.2) is 8.78 Å². The van der Waals surface area contributed by atoms with Gasteiger partial charge in [0.25, 0.3) is 0 Å². The highest BCUT2D eigenvalue weighted by Crippen LogP contribution is 2.39. The van der Waals surface area contributed by atoms with E-state index in [-0.39, 0.29) is 18.1 Å². The summed E-state index contributed by atoms with van der Waals surface area (Å²) < 4.78 is 24.7. The lowest BCUT2D eigenvalue weighted by Gasteiger charge is -2.06. The summed E-state index contributed by atoms with van der Waals surface area (Å²) >= 11 is 1.55. The van der Waals surface area contributed by atoms with Crippen LogP contribution in [0.3, 0.4) is 0 Å². The molecular weight excluding hydrogens is 142 g/mol. The first-order valence-corrected chi connectivity index (χ1v) is 4.33. The van der Waals surface area contributed by atoms with Crippen LogP contribution in [0, 0.1) is 0 Å². The fraction of sp³-hybridized carbons (Fsp3) is 1.00. The lowest BCUT2D eigenvalue weighted by molar-refractivity contribution is 0.00979. The fourth-order valence-electron chi connectivity index (χ4n) is 1.11. The molecule has 54 valence electrons. The Morgan fingerprint density at radius 2 is 2.22 bits per heavy atom. The van der Waals surface area contributed by atoms with E-state index >= 15 is 0 Å². The van der Waals surface area contributed by atoms with Crippen molar-refractivity contribution in [2.45, 2.75) is 30.4 Å². The van der Waals surface area contributed by atoms with Crippen LogP contribution in [0.5, 0.6) is 0 Å². The molecule has 0 nitrogen and oxygen atoms in total. The minimum atomic E-state index is -2.35. The number of rotatable bonds is 1. The van der Waals surface area contributed by atoms with Crippen molar-refractivity contribution in [3.05, 3.63) is 0 Å². The highest BCUT2D eigenvalue weighted by Gasteiger charge is 2.38. The summed E-state index contributed by atoms with van der Waals surface area (Å²) in [5.74, 6) is -2.35. The topological polar surface area (TPSA) is 0 Å². The van der Waals surface area contributed by atoms with Crippen molar-refractivity contribution < 1.29 is 8.78 Å². The molecule has 1 aliphatic carbocycles. The summed E-state index contributed by atoms with van der Waals surface area (Å²) in [6.07, 6.45) is 2.77. The first kappa shape index (κ1) is 7.32. The van der Waals surface area contributed by atoms with Gasteiger partial charge in [0, 0.05) is 18.1 Å². The number of alkyl halides is 2. The van der Waals surface area contributed by atoms with Crippen LogP contribution in [0.1, 0.15) is 19.3 Å². The first-order valence-electron chi connectivity index (χ1n) is 3.05. The molecule has 1 fully saturated rings. The lowest BCUT2D eigenvalue weighted by Crippen LogP contribution is -2.09. The average molecular weight is 152 g/mol. The highest BCUT2D eigenvalue weighted by atomic mass is 32.2. The molecule has 0 spiro atoms. The molecule has 1 rings (SSSR count). The van der Waals surface area contributed by atoms with Gasteiger partial charge in [0.05, 0.1) is 0 Å². The second kappa shape index (κ2) is 2.45. The van der Waals surface area contributed by atoms with Gasteiger partial charge >= 0.3 is 0 Å². The summed E-state index contributed by atoms with van der Waals surface area (Å²) in [6, 6.07) is 0. The van der Waals surface area contributed by atoms with Crippen LogP contribution in [0.15, 0.2) is 0 Å². The summed E-state index contributed by atoms with van der Waals surface area (Å²) in [6.45, 7) is 0. The molecule has 0 bridgehead atoms. The van der Waals surface area contributed by atoms with E-state index in [1.807, 2.05) is 6.26 Å². The minimum absolute atomic E-state index is 0.0914. The van der Waals surface area contributed by atoms with E-state index in [2.05, 4.69) is 0 Å². The molecule has 1 unspecified atom stereocenters. The summed E-state index contributed by atoms with van der Waals surface area (Å²) in [4.78, 5) is 0. The molecule has 0 radical (unpaired) electrons. The number of hydrogen-bond donors (Lipinski definition) is 0. The Morgan fingerprint density at radius 3 is 2.44 bits per heavy atom. The van der Waals surface area contributed by atoms with Gasteiger partial charge in [-0.3, -0.25) is 0 Å². The van der Waals surface area contributed by atoms with Crippen LogP contribution < -0.4 is 0 Å². The maximum Gasteiger partial charge on any atom is 0.249 e. The average Bonchev–Trinajstić information content (AvgIpc) is 2.10. The minimum Gasteiger partial charge on any atom is -0.207 e. The van der Waals surface area contributed by atoms with Gasteiger partial charge in [0.1, 0.15) is 0 Å². The Kier molecular flexibility index (Phi) is 1.99. The van der Waals surface area contributed by atoms with Gasteiger partial charge in [0.2, 0.25) is 5.92 Å². The van der Waals surface area contributed by atoms with Crippen molar-refractivity contribution >= 4 is 11.8 Å². The molecule has 0 aliphatic heterocycles. The maximum atomic E-state index is 12.4. The molecule has 0 saturated heterocycles. The van der Waals surface area contributed by atoms with Gasteiger partial charge in [-0.2, -0.15) is 11.8 Å². The highest BCUT2D eigenvalue weighted by molar-refractivity contribution is 7.99. The van der Waals surface area contributed by atoms with E-state index in [1.165, 1.54) is 0 Å². The quantitative estimate of drug-likeness (QED) is 0.556. The second-order valence-electron chi connectivity index (χ2n) is 2.46. The Bertz CT molecular complexity index is 103. The molecule has 0 aromatic carbocycles. The third-order valence-corrected chi connectivity index (χ3v) is 2.76. The molecule has 3 heteroatoms. The van der Waals surface area contributed by atoms with E-state index in [4.69, 9.17) is 0 Å². The second-order valence-corrected chi connectivity index (χ2v) is 3.59. The van der Waals surface area contributed by atoms with E-state index in [1.54, 1.807) is 11.8 Å². The van der Waals surface area contributed by atoms with Crippen LogP contribution >= 0.6 is 11.8 Å². The lowest BCUT2D eigenvalue weighted by atomic mass is 10.3. The largest absolute Gasteiger partial charge is 0.249 e. The number of thioether (sulfide) groups is 1. The monoisotopic (exact) mass is 152 g/mol. The predicted molar refractivity (Wildman–Crippen MR) is 36.1 cm³/mol. The zero-order valence-corrected chi connectivity index (χ0v) is 6.18. The van der Waals surface area contributed by atoms with Crippen LogP contribution in [-0.4, -0.2) is 17.4 Å². The van der Waals surface area contributed by atoms with Crippen molar-refractivity contribution in [1.29, 1.82) is 0 Å². The van der Waals surface area contributed by atoms with Gasteiger partial charge < -0.3 is 0 Å². The van der Waals surface area contributed by atoms with Crippen molar-refractivity contribution in [1.82, 2.24) is 0 Å². The zero-order valence-electron chi connectivity index (χ0n) is 5.36. The Labute approximate surface area is 58.0 Å². The fourth-order valence-corrected chi connectivity index (χ4v) is 1.87. The van der Waals surface area contributed by atoms with Crippen molar-refractivity contribution in [2.24, 2.45) is 0 Å². The van der Waals surface area contributed by atoms with E-state index < -0.39 is 5.92 Å². The normalized spacial score (nSPS) is 33.0. The molecule has 1 saturated carbocycles.